The summed E-state index contributed by atoms with van der Waals surface area (Å²) >= 11 is 6.01. The normalized spacial score (nSPS) is 21.2. The summed E-state index contributed by atoms with van der Waals surface area (Å²) in [5, 5.41) is 3.56. The first-order valence-corrected chi connectivity index (χ1v) is 12.5. The van der Waals surface area contributed by atoms with Crippen LogP contribution in [0.4, 0.5) is 0 Å². The highest BCUT2D eigenvalue weighted by molar-refractivity contribution is 6.30. The van der Waals surface area contributed by atoms with Crippen LogP contribution in [-0.2, 0) is 25.7 Å². The molecule has 184 valence electrons. The van der Waals surface area contributed by atoms with Gasteiger partial charge >= 0.3 is 0 Å². The quantitative estimate of drug-likeness (QED) is 0.402. The van der Waals surface area contributed by atoms with Crippen molar-refractivity contribution >= 4 is 35.2 Å². The number of hydrogen-bond donors (Lipinski definition) is 1. The van der Waals surface area contributed by atoms with Gasteiger partial charge in [0.2, 0.25) is 23.6 Å². The molecule has 2 aliphatic rings. The van der Waals surface area contributed by atoms with Crippen molar-refractivity contribution in [1.82, 2.24) is 15.1 Å². The highest BCUT2D eigenvalue weighted by Crippen LogP contribution is 2.35. The predicted octanol–water partition coefficient (Wildman–Crippen LogP) is 3.70. The number of carbonyl (C=O) groups excluding carboxylic acids is 4. The second kappa shape index (κ2) is 11.6. The summed E-state index contributed by atoms with van der Waals surface area (Å²) in [7, 11) is 0. The molecule has 0 bridgehead atoms. The maximum atomic E-state index is 13.4. The number of nitrogens with one attached hydrogen (secondary N) is 1. The second-order valence-electron chi connectivity index (χ2n) is 9.12. The van der Waals surface area contributed by atoms with Crippen molar-refractivity contribution < 1.29 is 19.2 Å². The third kappa shape index (κ3) is 5.87. The molecular formula is C26H34ClN3O4. The molecule has 8 heteroatoms. The van der Waals surface area contributed by atoms with Gasteiger partial charge in [-0.3, -0.25) is 24.1 Å². The number of allylic oxidation sites excluding steroid dienone is 2. The van der Waals surface area contributed by atoms with E-state index < -0.39 is 6.04 Å². The smallest absolute Gasteiger partial charge is 0.243 e. The van der Waals surface area contributed by atoms with Gasteiger partial charge in [0.15, 0.2) is 0 Å². The molecule has 0 radical (unpaired) electrons. The third-order valence-corrected chi connectivity index (χ3v) is 7.05. The number of benzene rings is 1. The van der Waals surface area contributed by atoms with E-state index in [1.807, 2.05) is 45.1 Å². The maximum absolute atomic E-state index is 13.4. The average Bonchev–Trinajstić information content (AvgIpc) is 3.08. The van der Waals surface area contributed by atoms with E-state index in [9.17, 15) is 19.2 Å². The molecule has 1 saturated heterocycles. The van der Waals surface area contributed by atoms with Gasteiger partial charge < -0.3 is 10.2 Å². The van der Waals surface area contributed by atoms with Gasteiger partial charge in [0.1, 0.15) is 6.04 Å². The number of fused-ring (bicyclic) bond motifs is 1. The number of halogens is 1. The van der Waals surface area contributed by atoms with Crippen molar-refractivity contribution in [2.24, 2.45) is 11.8 Å². The Labute approximate surface area is 206 Å². The Morgan fingerprint density at radius 2 is 1.65 bits per heavy atom. The van der Waals surface area contributed by atoms with Crippen molar-refractivity contribution in [2.45, 2.75) is 71.5 Å². The summed E-state index contributed by atoms with van der Waals surface area (Å²) in [6.07, 6.45) is 6.22. The van der Waals surface area contributed by atoms with Crippen LogP contribution in [0.3, 0.4) is 0 Å². The molecule has 0 aromatic heterocycles. The first-order valence-electron chi connectivity index (χ1n) is 12.1. The van der Waals surface area contributed by atoms with Crippen molar-refractivity contribution in [3.8, 4) is 0 Å². The molecule has 4 amide bonds. The number of hydrogen-bond acceptors (Lipinski definition) is 4. The minimum Gasteiger partial charge on any atom is -0.352 e. The van der Waals surface area contributed by atoms with Gasteiger partial charge in [0.25, 0.3) is 0 Å². The fourth-order valence-electron chi connectivity index (χ4n) is 4.59. The van der Waals surface area contributed by atoms with Crippen LogP contribution in [0.15, 0.2) is 36.4 Å². The number of nitrogens with zero attached hydrogens (tertiary/aromatic N) is 2. The van der Waals surface area contributed by atoms with Crippen LogP contribution >= 0.6 is 11.6 Å². The SMILES string of the molecule is CC[C@H](C(=O)N[C@@H](C)CC)N(Cc1ccc(Cl)cc1)C(=O)CCN1C(=O)[C@H]2CC=CC[C@H]2C1=O. The number of imide groups is 1. The van der Waals surface area contributed by atoms with Crippen LogP contribution in [0.1, 0.15) is 58.4 Å². The molecule has 0 spiro atoms. The number of carbonyl (C=O) groups is 4. The molecule has 1 aliphatic heterocycles. The molecule has 7 nitrogen and oxygen atoms in total. The number of likely N-dealkylation sites (tertiary alicyclic amines) is 1. The number of rotatable bonds is 10. The van der Waals surface area contributed by atoms with Crippen molar-refractivity contribution in [3.05, 3.63) is 47.0 Å². The van der Waals surface area contributed by atoms with E-state index >= 15 is 0 Å². The summed E-state index contributed by atoms with van der Waals surface area (Å²) in [6.45, 7) is 6.05. The zero-order chi connectivity index (χ0) is 24.8. The van der Waals surface area contributed by atoms with Gasteiger partial charge in [-0.1, -0.05) is 49.7 Å². The fourth-order valence-corrected chi connectivity index (χ4v) is 4.71. The molecule has 4 atom stereocenters. The minimum absolute atomic E-state index is 0.00849. The van der Waals surface area contributed by atoms with Crippen LogP contribution in [0.2, 0.25) is 5.02 Å². The van der Waals surface area contributed by atoms with Gasteiger partial charge in [0, 0.05) is 30.6 Å². The van der Waals surface area contributed by atoms with Gasteiger partial charge in [-0.2, -0.15) is 0 Å². The Balaban J connectivity index is 1.75. The summed E-state index contributed by atoms with van der Waals surface area (Å²) in [5.41, 5.74) is 0.845. The predicted molar refractivity (Wildman–Crippen MR) is 131 cm³/mol. The Morgan fingerprint density at radius 1 is 1.06 bits per heavy atom. The minimum atomic E-state index is -0.658. The van der Waals surface area contributed by atoms with Crippen LogP contribution < -0.4 is 5.32 Å². The van der Waals surface area contributed by atoms with Crippen molar-refractivity contribution in [2.75, 3.05) is 6.54 Å². The van der Waals surface area contributed by atoms with Crippen molar-refractivity contribution in [1.29, 1.82) is 0 Å². The molecular weight excluding hydrogens is 454 g/mol. The topological polar surface area (TPSA) is 86.8 Å². The standard InChI is InChI=1S/C26H34ClN3O4/c1-4-17(3)28-24(32)22(5-2)30(16-18-10-12-19(27)13-11-18)23(31)14-15-29-25(33)20-8-6-7-9-21(20)26(29)34/h6-7,10-13,17,20-22H,4-5,8-9,14-16H2,1-3H3,(H,28,32)/t17-,20-,21+,22+/m0/s1. The lowest BCUT2D eigenvalue weighted by Gasteiger charge is -2.32. The molecule has 1 N–H and O–H groups in total. The summed E-state index contributed by atoms with van der Waals surface area (Å²) in [6, 6.07) is 6.48. The molecule has 1 fully saturated rings. The summed E-state index contributed by atoms with van der Waals surface area (Å²) < 4.78 is 0. The Bertz CT molecular complexity index is 920. The lowest BCUT2D eigenvalue weighted by atomic mass is 9.85. The summed E-state index contributed by atoms with van der Waals surface area (Å²) in [4.78, 5) is 54.8. The van der Waals surface area contributed by atoms with E-state index in [4.69, 9.17) is 11.6 Å². The van der Waals surface area contributed by atoms with E-state index in [-0.39, 0.29) is 61.0 Å². The highest BCUT2D eigenvalue weighted by Gasteiger charge is 2.47. The molecule has 0 unspecified atom stereocenters. The first kappa shape index (κ1) is 25.9. The summed E-state index contributed by atoms with van der Waals surface area (Å²) in [5.74, 6) is -1.50. The Morgan fingerprint density at radius 3 is 2.18 bits per heavy atom. The fraction of sp³-hybridized carbons (Fsp3) is 0.538. The maximum Gasteiger partial charge on any atom is 0.243 e. The molecule has 1 aromatic rings. The van der Waals surface area contributed by atoms with E-state index in [0.717, 1.165) is 12.0 Å². The Kier molecular flexibility index (Phi) is 8.89. The highest BCUT2D eigenvalue weighted by atomic mass is 35.5. The number of amides is 4. The zero-order valence-electron chi connectivity index (χ0n) is 20.1. The van der Waals surface area contributed by atoms with E-state index in [1.165, 1.54) is 4.90 Å². The van der Waals surface area contributed by atoms with E-state index in [0.29, 0.717) is 24.3 Å². The molecule has 1 aromatic carbocycles. The monoisotopic (exact) mass is 487 g/mol. The van der Waals surface area contributed by atoms with E-state index in [1.54, 1.807) is 17.0 Å². The third-order valence-electron chi connectivity index (χ3n) is 6.80. The Hall–Kier alpha value is -2.67. The van der Waals surface area contributed by atoms with Crippen LogP contribution in [0.5, 0.6) is 0 Å². The second-order valence-corrected chi connectivity index (χ2v) is 9.56. The van der Waals surface area contributed by atoms with Gasteiger partial charge in [0.05, 0.1) is 11.8 Å². The van der Waals surface area contributed by atoms with E-state index in [2.05, 4.69) is 5.32 Å². The van der Waals surface area contributed by atoms with Crippen molar-refractivity contribution in [3.63, 3.8) is 0 Å². The lowest BCUT2D eigenvalue weighted by molar-refractivity contribution is -0.144. The molecule has 3 rings (SSSR count). The van der Waals surface area contributed by atoms with Crippen LogP contribution in [0, 0.1) is 11.8 Å². The molecule has 1 heterocycles. The molecule has 34 heavy (non-hydrogen) atoms. The zero-order valence-corrected chi connectivity index (χ0v) is 20.9. The van der Waals surface area contributed by atoms with Gasteiger partial charge in [-0.15, -0.1) is 0 Å². The van der Waals surface area contributed by atoms with Crippen LogP contribution in [-0.4, -0.2) is 52.1 Å². The largest absolute Gasteiger partial charge is 0.352 e. The lowest BCUT2D eigenvalue weighted by Crippen LogP contribution is -2.51. The first-order chi connectivity index (χ1) is 16.3. The van der Waals surface area contributed by atoms with Gasteiger partial charge in [-0.25, -0.2) is 0 Å². The average molecular weight is 488 g/mol. The van der Waals surface area contributed by atoms with Gasteiger partial charge in [-0.05, 0) is 50.3 Å². The van der Waals surface area contributed by atoms with Crippen LogP contribution in [0.25, 0.3) is 0 Å². The molecule has 1 aliphatic carbocycles. The molecule has 0 saturated carbocycles.